The van der Waals surface area contributed by atoms with E-state index in [4.69, 9.17) is 16.9 Å². The Morgan fingerprint density at radius 3 is 2.23 bits per heavy atom. The van der Waals surface area contributed by atoms with E-state index in [2.05, 4.69) is 5.32 Å². The summed E-state index contributed by atoms with van der Waals surface area (Å²) < 4.78 is 0. The maximum Gasteiger partial charge on any atom is 0.255 e. The van der Waals surface area contributed by atoms with Gasteiger partial charge in [0.2, 0.25) is 0 Å². The fourth-order valence-electron chi connectivity index (χ4n) is 2.45. The summed E-state index contributed by atoms with van der Waals surface area (Å²) >= 11 is 6.04. The molecular weight excluding hydrogens is 348 g/mol. The van der Waals surface area contributed by atoms with Crippen LogP contribution >= 0.6 is 11.6 Å². The van der Waals surface area contributed by atoms with E-state index in [1.807, 2.05) is 12.1 Å². The molecule has 0 aliphatic rings. The van der Waals surface area contributed by atoms with Gasteiger partial charge in [-0.05, 0) is 42.5 Å². The van der Waals surface area contributed by atoms with Gasteiger partial charge < -0.3 is 5.32 Å². The summed E-state index contributed by atoms with van der Waals surface area (Å²) in [5.41, 5.74) is 2.04. The molecule has 0 aliphatic heterocycles. The number of nitrogens with zero attached hydrogens (tertiary/aromatic N) is 1. The van der Waals surface area contributed by atoms with Crippen LogP contribution in [0.4, 0.5) is 5.69 Å². The Morgan fingerprint density at radius 2 is 1.58 bits per heavy atom. The quantitative estimate of drug-likeness (QED) is 0.686. The van der Waals surface area contributed by atoms with Crippen LogP contribution in [0.2, 0.25) is 5.02 Å². The predicted octanol–water partition coefficient (Wildman–Crippen LogP) is 4.69. The van der Waals surface area contributed by atoms with Crippen molar-refractivity contribution >= 4 is 29.0 Å². The van der Waals surface area contributed by atoms with Gasteiger partial charge in [0, 0.05) is 21.7 Å². The van der Waals surface area contributed by atoms with Crippen LogP contribution in [0.5, 0.6) is 0 Å². The lowest BCUT2D eigenvalue weighted by atomic mass is 10.0. The third-order valence-electron chi connectivity index (χ3n) is 3.79. The van der Waals surface area contributed by atoms with Gasteiger partial charge in [-0.15, -0.1) is 0 Å². The van der Waals surface area contributed by atoms with Crippen LogP contribution in [0.25, 0.3) is 0 Å². The van der Waals surface area contributed by atoms with Gasteiger partial charge in [-0.1, -0.05) is 41.9 Å². The zero-order chi connectivity index (χ0) is 18.5. The number of nitriles is 1. The first-order valence-electron chi connectivity index (χ1n) is 7.79. The molecule has 0 aromatic heterocycles. The summed E-state index contributed by atoms with van der Waals surface area (Å²) in [5, 5.41) is 12.0. The molecule has 0 aliphatic carbocycles. The van der Waals surface area contributed by atoms with Crippen molar-refractivity contribution in [3.63, 3.8) is 0 Å². The Hall–Kier alpha value is -3.42. The van der Waals surface area contributed by atoms with Gasteiger partial charge in [-0.25, -0.2) is 0 Å². The molecule has 3 aromatic carbocycles. The van der Waals surface area contributed by atoms with Gasteiger partial charge in [0.15, 0.2) is 5.78 Å². The molecule has 0 spiro atoms. The number of rotatable bonds is 4. The highest BCUT2D eigenvalue weighted by Gasteiger charge is 2.16. The van der Waals surface area contributed by atoms with Gasteiger partial charge in [0.25, 0.3) is 5.91 Å². The molecule has 0 saturated carbocycles. The second-order valence-electron chi connectivity index (χ2n) is 5.53. The van der Waals surface area contributed by atoms with Crippen LogP contribution in [-0.4, -0.2) is 11.7 Å². The maximum atomic E-state index is 12.8. The summed E-state index contributed by atoms with van der Waals surface area (Å²) in [7, 11) is 0. The fraction of sp³-hybridized carbons (Fsp3) is 0. The topological polar surface area (TPSA) is 70.0 Å². The molecule has 4 nitrogen and oxygen atoms in total. The first kappa shape index (κ1) is 17.4. The number of ketones is 1. The third-order valence-corrected chi connectivity index (χ3v) is 4.02. The molecule has 1 N–H and O–H groups in total. The summed E-state index contributed by atoms with van der Waals surface area (Å²) in [6.07, 6.45) is 0. The molecule has 0 radical (unpaired) electrons. The number of hydrogen-bond acceptors (Lipinski definition) is 3. The third kappa shape index (κ3) is 3.80. The van der Waals surface area contributed by atoms with Crippen molar-refractivity contribution in [3.05, 3.63) is 100 Å². The zero-order valence-corrected chi connectivity index (χ0v) is 14.3. The van der Waals surface area contributed by atoms with E-state index in [1.165, 1.54) is 6.07 Å². The van der Waals surface area contributed by atoms with E-state index >= 15 is 0 Å². The van der Waals surface area contributed by atoms with E-state index in [0.717, 1.165) is 0 Å². The van der Waals surface area contributed by atoms with E-state index in [0.29, 0.717) is 33.0 Å². The van der Waals surface area contributed by atoms with Crippen LogP contribution in [0.3, 0.4) is 0 Å². The number of hydrogen-bond donors (Lipinski definition) is 1. The van der Waals surface area contributed by atoms with Crippen LogP contribution < -0.4 is 5.32 Å². The Morgan fingerprint density at radius 1 is 0.885 bits per heavy atom. The lowest BCUT2D eigenvalue weighted by Gasteiger charge is -2.11. The highest BCUT2D eigenvalue weighted by atomic mass is 35.5. The average molecular weight is 361 g/mol. The van der Waals surface area contributed by atoms with Crippen molar-refractivity contribution in [2.24, 2.45) is 0 Å². The van der Waals surface area contributed by atoms with Gasteiger partial charge in [-0.3, -0.25) is 9.59 Å². The molecule has 26 heavy (non-hydrogen) atoms. The number of carbonyl (C=O) groups is 2. The second-order valence-corrected chi connectivity index (χ2v) is 5.96. The lowest BCUT2D eigenvalue weighted by Crippen LogP contribution is -2.15. The first-order valence-corrected chi connectivity index (χ1v) is 8.17. The Kier molecular flexibility index (Phi) is 5.12. The van der Waals surface area contributed by atoms with Gasteiger partial charge in [0.1, 0.15) is 0 Å². The number of carbonyl (C=O) groups excluding carboxylic acids is 2. The van der Waals surface area contributed by atoms with Crippen LogP contribution in [0, 0.1) is 11.3 Å². The van der Waals surface area contributed by atoms with Gasteiger partial charge in [-0.2, -0.15) is 5.26 Å². The fourth-order valence-corrected chi connectivity index (χ4v) is 2.62. The maximum absolute atomic E-state index is 12.8. The van der Waals surface area contributed by atoms with Crippen molar-refractivity contribution in [1.29, 1.82) is 5.26 Å². The highest BCUT2D eigenvalue weighted by Crippen LogP contribution is 2.24. The Balaban J connectivity index is 1.91. The minimum absolute atomic E-state index is 0.233. The summed E-state index contributed by atoms with van der Waals surface area (Å²) in [6, 6.07) is 21.8. The molecule has 0 unspecified atom stereocenters. The SMILES string of the molecule is N#Cc1ccc(C(=O)Nc2ccc(Cl)cc2C(=O)c2ccccc2)cc1. The van der Waals surface area contributed by atoms with Crippen LogP contribution in [0.15, 0.2) is 72.8 Å². The van der Waals surface area contributed by atoms with E-state index < -0.39 is 0 Å². The number of nitrogens with one attached hydrogen (secondary N) is 1. The normalized spacial score (nSPS) is 10.0. The van der Waals surface area contributed by atoms with Crippen molar-refractivity contribution in [1.82, 2.24) is 0 Å². The van der Waals surface area contributed by atoms with E-state index in [9.17, 15) is 9.59 Å². The smallest absolute Gasteiger partial charge is 0.255 e. The molecule has 0 bridgehead atoms. The predicted molar refractivity (Wildman–Crippen MR) is 100 cm³/mol. The molecule has 3 rings (SSSR count). The van der Waals surface area contributed by atoms with Gasteiger partial charge in [0.05, 0.1) is 17.3 Å². The standard InChI is InChI=1S/C21H13ClN2O2/c22-17-10-11-19(18(12-17)20(25)15-4-2-1-3-5-15)24-21(26)16-8-6-14(13-23)7-9-16/h1-12H,(H,24,26). The molecular formula is C21H13ClN2O2. The van der Waals surface area contributed by atoms with Crippen molar-refractivity contribution in [2.45, 2.75) is 0 Å². The lowest BCUT2D eigenvalue weighted by molar-refractivity contribution is 0.102. The second kappa shape index (κ2) is 7.64. The van der Waals surface area contributed by atoms with Crippen LogP contribution in [-0.2, 0) is 0 Å². The molecule has 126 valence electrons. The first-order chi connectivity index (χ1) is 12.6. The molecule has 0 fully saturated rings. The van der Waals surface area contributed by atoms with E-state index in [-0.39, 0.29) is 11.7 Å². The Bertz CT molecular complexity index is 1010. The zero-order valence-electron chi connectivity index (χ0n) is 13.6. The minimum Gasteiger partial charge on any atom is -0.321 e. The molecule has 5 heteroatoms. The van der Waals surface area contributed by atoms with Crippen molar-refractivity contribution < 1.29 is 9.59 Å². The molecule has 0 atom stereocenters. The molecule has 1 amide bonds. The molecule has 0 saturated heterocycles. The Labute approximate surface area is 155 Å². The number of amides is 1. The van der Waals surface area contributed by atoms with E-state index in [1.54, 1.807) is 60.7 Å². The van der Waals surface area contributed by atoms with Gasteiger partial charge >= 0.3 is 0 Å². The average Bonchev–Trinajstić information content (AvgIpc) is 2.69. The largest absolute Gasteiger partial charge is 0.321 e. The summed E-state index contributed by atoms with van der Waals surface area (Å²) in [4.78, 5) is 25.2. The summed E-state index contributed by atoms with van der Waals surface area (Å²) in [6.45, 7) is 0. The van der Waals surface area contributed by atoms with Crippen molar-refractivity contribution in [3.8, 4) is 6.07 Å². The number of halogens is 1. The number of anilines is 1. The molecule has 0 heterocycles. The monoisotopic (exact) mass is 360 g/mol. The number of benzene rings is 3. The molecule has 3 aromatic rings. The summed E-state index contributed by atoms with van der Waals surface area (Å²) in [5.74, 6) is -0.609. The van der Waals surface area contributed by atoms with Crippen LogP contribution in [0.1, 0.15) is 31.8 Å². The highest BCUT2D eigenvalue weighted by molar-refractivity contribution is 6.31. The van der Waals surface area contributed by atoms with Crippen molar-refractivity contribution in [2.75, 3.05) is 5.32 Å². The minimum atomic E-state index is -0.376.